The first-order valence-electron chi connectivity index (χ1n) is 9.05. The van der Waals surface area contributed by atoms with E-state index >= 15 is 0 Å². The topological polar surface area (TPSA) is 61.8 Å². The number of likely N-dealkylation sites (N-methyl/N-ethyl adjacent to an activating group) is 1. The number of nitrogens with zero attached hydrogens (tertiary/aromatic N) is 1. The summed E-state index contributed by atoms with van der Waals surface area (Å²) in [5, 5.41) is 12.5. The van der Waals surface area contributed by atoms with Gasteiger partial charge < -0.3 is 15.2 Å². The van der Waals surface area contributed by atoms with Crippen molar-refractivity contribution in [3.8, 4) is 5.75 Å². The number of hydrogen-bond acceptors (Lipinski definition) is 4. The van der Waals surface area contributed by atoms with Gasteiger partial charge in [-0.25, -0.2) is 0 Å². The van der Waals surface area contributed by atoms with E-state index in [-0.39, 0.29) is 6.54 Å². The Morgan fingerprint density at radius 3 is 2.58 bits per heavy atom. The third-order valence-electron chi connectivity index (χ3n) is 5.07. The molecule has 0 saturated heterocycles. The van der Waals surface area contributed by atoms with Crippen molar-refractivity contribution >= 4 is 5.97 Å². The molecule has 24 heavy (non-hydrogen) atoms. The van der Waals surface area contributed by atoms with Gasteiger partial charge in [-0.05, 0) is 55.8 Å². The molecular weight excluding hydrogens is 304 g/mol. The van der Waals surface area contributed by atoms with Crippen LogP contribution in [0.3, 0.4) is 0 Å². The van der Waals surface area contributed by atoms with E-state index in [0.717, 1.165) is 44.2 Å². The Morgan fingerprint density at radius 1 is 1.29 bits per heavy atom. The average molecular weight is 332 g/mol. The maximum atomic E-state index is 10.9. The summed E-state index contributed by atoms with van der Waals surface area (Å²) in [6.07, 6.45) is 4.69. The maximum Gasteiger partial charge on any atom is 0.317 e. The van der Waals surface area contributed by atoms with Crippen LogP contribution in [-0.2, 0) is 11.3 Å². The lowest BCUT2D eigenvalue weighted by molar-refractivity contribution is -0.139. The molecule has 2 saturated carbocycles. The molecule has 1 aromatic rings. The van der Waals surface area contributed by atoms with E-state index in [9.17, 15) is 4.79 Å². The summed E-state index contributed by atoms with van der Waals surface area (Å²) in [6, 6.07) is 9.23. The van der Waals surface area contributed by atoms with Gasteiger partial charge in [-0.1, -0.05) is 19.1 Å². The lowest BCUT2D eigenvalue weighted by Crippen LogP contribution is -2.53. The highest BCUT2D eigenvalue weighted by atomic mass is 16.5. The highest BCUT2D eigenvalue weighted by molar-refractivity contribution is 5.69. The Labute approximate surface area is 144 Å². The average Bonchev–Trinajstić information content (AvgIpc) is 3.35. The smallest absolute Gasteiger partial charge is 0.317 e. The first-order valence-corrected chi connectivity index (χ1v) is 9.05. The van der Waals surface area contributed by atoms with Crippen molar-refractivity contribution < 1.29 is 14.6 Å². The second kappa shape index (κ2) is 7.99. The van der Waals surface area contributed by atoms with E-state index in [1.165, 1.54) is 18.4 Å². The number of carboxylic acid groups (broad SMARTS) is 1. The van der Waals surface area contributed by atoms with Crippen molar-refractivity contribution in [2.75, 3.05) is 19.7 Å². The van der Waals surface area contributed by atoms with Crippen LogP contribution in [0.5, 0.6) is 5.75 Å². The van der Waals surface area contributed by atoms with Gasteiger partial charge in [0, 0.05) is 18.6 Å². The van der Waals surface area contributed by atoms with Crippen molar-refractivity contribution in [1.82, 2.24) is 10.2 Å². The number of ether oxygens (including phenoxy) is 1. The summed E-state index contributed by atoms with van der Waals surface area (Å²) in [5.41, 5.74) is 1.26. The molecule has 0 amide bonds. The fourth-order valence-electron chi connectivity index (χ4n) is 3.19. The van der Waals surface area contributed by atoms with Crippen molar-refractivity contribution in [2.45, 2.75) is 51.2 Å². The van der Waals surface area contributed by atoms with Crippen LogP contribution in [0.1, 0.15) is 38.2 Å². The maximum absolute atomic E-state index is 10.9. The molecule has 0 spiro atoms. The molecule has 1 aromatic carbocycles. The number of hydrogen-bond donors (Lipinski definition) is 2. The van der Waals surface area contributed by atoms with Gasteiger partial charge in [0.25, 0.3) is 0 Å². The fraction of sp³-hybridized carbons (Fsp3) is 0.632. The molecule has 3 rings (SSSR count). The molecule has 2 aliphatic rings. The molecule has 132 valence electrons. The molecule has 5 heteroatoms. The Bertz CT molecular complexity index is 536. The highest BCUT2D eigenvalue weighted by Crippen LogP contribution is 2.29. The first kappa shape index (κ1) is 17.2. The monoisotopic (exact) mass is 332 g/mol. The molecular formula is C19H28N2O3. The first-order chi connectivity index (χ1) is 11.6. The predicted octanol–water partition coefficient (Wildman–Crippen LogP) is 2.50. The Morgan fingerprint density at radius 2 is 2.00 bits per heavy atom. The van der Waals surface area contributed by atoms with Gasteiger partial charge in [0.05, 0.1) is 13.2 Å². The highest BCUT2D eigenvalue weighted by Gasteiger charge is 2.33. The van der Waals surface area contributed by atoms with Gasteiger partial charge in [-0.3, -0.25) is 9.69 Å². The van der Waals surface area contributed by atoms with Crippen LogP contribution in [0.15, 0.2) is 24.3 Å². The number of benzene rings is 1. The minimum atomic E-state index is -0.739. The Balaban J connectivity index is 1.35. The molecule has 0 radical (unpaired) electrons. The van der Waals surface area contributed by atoms with Crippen LogP contribution < -0.4 is 10.1 Å². The molecule has 2 fully saturated rings. The molecule has 0 aromatic heterocycles. The van der Waals surface area contributed by atoms with Gasteiger partial charge >= 0.3 is 5.97 Å². The third kappa shape index (κ3) is 4.95. The minimum Gasteiger partial charge on any atom is -0.493 e. The largest absolute Gasteiger partial charge is 0.493 e. The van der Waals surface area contributed by atoms with E-state index in [1.54, 1.807) is 0 Å². The summed E-state index contributed by atoms with van der Waals surface area (Å²) < 4.78 is 5.75. The summed E-state index contributed by atoms with van der Waals surface area (Å²) in [6.45, 7) is 4.68. The lowest BCUT2D eigenvalue weighted by atomic mass is 9.85. The zero-order chi connectivity index (χ0) is 16.9. The minimum absolute atomic E-state index is 0.149. The molecule has 0 bridgehead atoms. The van der Waals surface area contributed by atoms with Crippen LogP contribution in [0.4, 0.5) is 0 Å². The fourth-order valence-corrected chi connectivity index (χ4v) is 3.19. The number of carboxylic acids is 1. The second-order valence-corrected chi connectivity index (χ2v) is 7.06. The zero-order valence-electron chi connectivity index (χ0n) is 14.4. The third-order valence-corrected chi connectivity index (χ3v) is 5.07. The normalized spacial score (nSPS) is 23.1. The van der Waals surface area contributed by atoms with Crippen LogP contribution in [0.2, 0.25) is 0 Å². The molecule has 0 unspecified atom stereocenters. The van der Waals surface area contributed by atoms with Gasteiger partial charge in [-0.2, -0.15) is 0 Å². The van der Waals surface area contributed by atoms with Crippen molar-refractivity contribution in [3.05, 3.63) is 29.8 Å². The molecule has 0 aliphatic heterocycles. The van der Waals surface area contributed by atoms with Gasteiger partial charge in [-0.15, -0.1) is 0 Å². The van der Waals surface area contributed by atoms with E-state index in [1.807, 2.05) is 11.8 Å². The molecule has 5 nitrogen and oxygen atoms in total. The van der Waals surface area contributed by atoms with E-state index in [0.29, 0.717) is 12.1 Å². The van der Waals surface area contributed by atoms with Crippen LogP contribution in [-0.4, -0.2) is 47.8 Å². The zero-order valence-corrected chi connectivity index (χ0v) is 14.4. The SMILES string of the molecule is CCN(CC(=O)O)C1CC(NCc2ccc(OCC3CC3)cc2)C1. The van der Waals surface area contributed by atoms with Crippen LogP contribution >= 0.6 is 0 Å². The Hall–Kier alpha value is -1.59. The number of carbonyl (C=O) groups is 1. The van der Waals surface area contributed by atoms with Crippen LogP contribution in [0.25, 0.3) is 0 Å². The molecule has 2 aliphatic carbocycles. The summed E-state index contributed by atoms with van der Waals surface area (Å²) in [4.78, 5) is 12.9. The summed E-state index contributed by atoms with van der Waals surface area (Å²) in [7, 11) is 0. The number of nitrogens with one attached hydrogen (secondary N) is 1. The quantitative estimate of drug-likeness (QED) is 0.689. The molecule has 0 heterocycles. The number of rotatable bonds is 10. The van der Waals surface area contributed by atoms with E-state index < -0.39 is 5.97 Å². The summed E-state index contributed by atoms with van der Waals surface area (Å²) >= 11 is 0. The standard InChI is InChI=1S/C19H28N2O3/c1-2-21(12-19(22)23)17-9-16(10-17)20-11-14-5-7-18(8-6-14)24-13-15-3-4-15/h5-8,15-17,20H,2-4,9-13H2,1H3,(H,22,23). The van der Waals surface area contributed by atoms with Crippen LogP contribution in [0, 0.1) is 5.92 Å². The molecule has 2 N–H and O–H groups in total. The van der Waals surface area contributed by atoms with Crippen molar-refractivity contribution in [1.29, 1.82) is 0 Å². The molecule has 0 atom stereocenters. The van der Waals surface area contributed by atoms with Gasteiger partial charge in [0.2, 0.25) is 0 Å². The lowest BCUT2D eigenvalue weighted by Gasteiger charge is -2.42. The Kier molecular flexibility index (Phi) is 5.74. The van der Waals surface area contributed by atoms with Crippen molar-refractivity contribution in [2.24, 2.45) is 5.92 Å². The van der Waals surface area contributed by atoms with Gasteiger partial charge in [0.15, 0.2) is 0 Å². The van der Waals surface area contributed by atoms with E-state index in [4.69, 9.17) is 9.84 Å². The summed E-state index contributed by atoms with van der Waals surface area (Å²) in [5.74, 6) is 1.00. The number of aliphatic carboxylic acids is 1. The van der Waals surface area contributed by atoms with Crippen molar-refractivity contribution in [3.63, 3.8) is 0 Å². The second-order valence-electron chi connectivity index (χ2n) is 7.06. The van der Waals surface area contributed by atoms with Gasteiger partial charge in [0.1, 0.15) is 5.75 Å². The predicted molar refractivity (Wildman–Crippen MR) is 93.2 cm³/mol. The van der Waals surface area contributed by atoms with E-state index in [2.05, 4.69) is 29.6 Å².